The van der Waals surface area contributed by atoms with Crippen molar-refractivity contribution in [3.05, 3.63) is 87.4 Å². The molecule has 0 aliphatic heterocycles. The summed E-state index contributed by atoms with van der Waals surface area (Å²) < 4.78 is 58.7. The molecule has 216 valence electrons. The first-order chi connectivity index (χ1) is 19.5. The number of carbonyl (C=O) groups is 1. The first-order valence-electron chi connectivity index (χ1n) is 12.9. The predicted octanol–water partition coefficient (Wildman–Crippen LogP) is 7.20. The Morgan fingerprint density at radius 1 is 1.12 bits per heavy atom. The van der Waals surface area contributed by atoms with Crippen LogP contribution in [0.4, 0.5) is 29.2 Å². The van der Waals surface area contributed by atoms with E-state index >= 15 is 0 Å². The number of carbonyl (C=O) groups excluding carboxylic acids is 1. The molecule has 4 aromatic rings. The largest absolute Gasteiger partial charge is 0.465 e. The Hall–Kier alpha value is -3.90. The summed E-state index contributed by atoms with van der Waals surface area (Å²) in [5.74, 6) is -1.32. The molecule has 1 aliphatic rings. The van der Waals surface area contributed by atoms with Crippen LogP contribution in [0.25, 0.3) is 10.6 Å². The summed E-state index contributed by atoms with van der Waals surface area (Å²) in [5, 5.41) is 14.8. The van der Waals surface area contributed by atoms with E-state index in [1.165, 1.54) is 24.5 Å². The number of halogens is 4. The molecule has 0 saturated heterocycles. The second-order valence-corrected chi connectivity index (χ2v) is 10.2. The minimum atomic E-state index is -4.51. The Morgan fingerprint density at radius 2 is 1.88 bits per heavy atom. The van der Waals surface area contributed by atoms with Crippen LogP contribution < -0.4 is 5.32 Å². The average molecular weight is 589 g/mol. The van der Waals surface area contributed by atoms with Gasteiger partial charge in [-0.1, -0.05) is 13.8 Å². The Bertz CT molecular complexity index is 1570. The molecule has 3 aromatic heterocycles. The van der Waals surface area contributed by atoms with E-state index in [-0.39, 0.29) is 17.2 Å². The molecule has 0 amide bonds. The third kappa shape index (κ3) is 6.23. The van der Waals surface area contributed by atoms with Crippen molar-refractivity contribution in [2.75, 3.05) is 12.4 Å². The second-order valence-electron chi connectivity index (χ2n) is 9.19. The summed E-state index contributed by atoms with van der Waals surface area (Å²) in [5.41, 5.74) is -0.357. The van der Waals surface area contributed by atoms with Crippen molar-refractivity contribution in [3.8, 4) is 10.6 Å². The molecule has 41 heavy (non-hydrogen) atoms. The molecular weight excluding hydrogens is 560 g/mol. The first-order valence-corrected chi connectivity index (χ1v) is 13.7. The highest BCUT2D eigenvalue weighted by atomic mass is 32.1. The lowest BCUT2D eigenvalue weighted by Gasteiger charge is -2.33. The van der Waals surface area contributed by atoms with E-state index < -0.39 is 29.1 Å². The van der Waals surface area contributed by atoms with Gasteiger partial charge in [0, 0.05) is 12.4 Å². The average Bonchev–Trinajstić information content (AvgIpc) is 3.45. The number of pyridine rings is 2. The molecule has 3 heterocycles. The van der Waals surface area contributed by atoms with Crippen LogP contribution in [0.5, 0.6) is 0 Å². The minimum absolute atomic E-state index is 0.0136. The number of rotatable bonds is 5. The molecule has 0 radical (unpaired) electrons. The number of esters is 1. The van der Waals surface area contributed by atoms with Crippen LogP contribution in [0.1, 0.15) is 64.3 Å². The maximum Gasteiger partial charge on any atom is 0.416 e. The summed E-state index contributed by atoms with van der Waals surface area (Å²) >= 11 is 1.18. The molecule has 0 bridgehead atoms. The normalized spacial score (nSPS) is 16.3. The van der Waals surface area contributed by atoms with Gasteiger partial charge in [-0.15, -0.1) is 11.3 Å². The summed E-state index contributed by atoms with van der Waals surface area (Å²) in [6.45, 7) is 5.81. The standard InChI is InChI=1S/C27H22F4N4O3S.C2H6/c1-14-8-20(34-23(9-14)35-22-11-16(5-7-32-22)27(29,30)31)21-13-33-25(39-21)26(37)6-3-4-15-10-17(24(36)38-2)19(28)12-18(15)26;1-2/h5,7-13,37H,3-4,6H2,1-2H3,(H,32,34,35);1-2H3. The molecule has 1 aliphatic carbocycles. The lowest BCUT2D eigenvalue weighted by atomic mass is 9.78. The van der Waals surface area contributed by atoms with Gasteiger partial charge in [0.2, 0.25) is 0 Å². The van der Waals surface area contributed by atoms with Gasteiger partial charge in [-0.25, -0.2) is 24.1 Å². The van der Waals surface area contributed by atoms with Gasteiger partial charge in [-0.2, -0.15) is 13.2 Å². The number of aliphatic hydroxyl groups is 1. The van der Waals surface area contributed by atoms with Crippen LogP contribution in [0.15, 0.2) is 48.8 Å². The van der Waals surface area contributed by atoms with Gasteiger partial charge in [-0.05, 0) is 79.3 Å². The summed E-state index contributed by atoms with van der Waals surface area (Å²) in [6, 6.07) is 7.81. The van der Waals surface area contributed by atoms with Crippen molar-refractivity contribution in [2.45, 2.75) is 51.8 Å². The van der Waals surface area contributed by atoms with Gasteiger partial charge in [-0.3, -0.25) is 0 Å². The monoisotopic (exact) mass is 588 g/mol. The minimum Gasteiger partial charge on any atom is -0.465 e. The predicted molar refractivity (Wildman–Crippen MR) is 148 cm³/mol. The maximum absolute atomic E-state index is 14.8. The maximum atomic E-state index is 14.8. The number of ether oxygens (including phenoxy) is 1. The van der Waals surface area contributed by atoms with Crippen LogP contribution in [0.3, 0.4) is 0 Å². The van der Waals surface area contributed by atoms with Crippen molar-refractivity contribution in [3.63, 3.8) is 0 Å². The van der Waals surface area contributed by atoms with Gasteiger partial charge in [0.1, 0.15) is 28.1 Å². The third-order valence-electron chi connectivity index (χ3n) is 6.45. The summed E-state index contributed by atoms with van der Waals surface area (Å²) in [6.07, 6.45) is -0.454. The van der Waals surface area contributed by atoms with Crippen LogP contribution >= 0.6 is 11.3 Å². The Labute approximate surface area is 238 Å². The molecule has 0 saturated carbocycles. The van der Waals surface area contributed by atoms with Gasteiger partial charge < -0.3 is 15.2 Å². The number of aryl methyl sites for hydroxylation is 2. The molecule has 12 heteroatoms. The number of anilines is 2. The number of aromatic nitrogens is 3. The van der Waals surface area contributed by atoms with Crippen molar-refractivity contribution in [2.24, 2.45) is 0 Å². The number of nitrogens with one attached hydrogen (secondary N) is 1. The molecular formula is C29H28F4N4O3S. The van der Waals surface area contributed by atoms with Crippen molar-refractivity contribution in [1.29, 1.82) is 0 Å². The van der Waals surface area contributed by atoms with E-state index in [1.54, 1.807) is 18.3 Å². The fraction of sp³-hybridized carbons (Fsp3) is 0.310. The highest BCUT2D eigenvalue weighted by Gasteiger charge is 2.40. The summed E-state index contributed by atoms with van der Waals surface area (Å²) in [7, 11) is 1.17. The van der Waals surface area contributed by atoms with E-state index in [0.717, 1.165) is 30.0 Å². The van der Waals surface area contributed by atoms with E-state index in [4.69, 9.17) is 0 Å². The van der Waals surface area contributed by atoms with Crippen LogP contribution in [0.2, 0.25) is 0 Å². The van der Waals surface area contributed by atoms with Crippen molar-refractivity contribution >= 4 is 28.9 Å². The zero-order chi connectivity index (χ0) is 29.9. The van der Waals surface area contributed by atoms with E-state index in [9.17, 15) is 27.5 Å². The number of fused-ring (bicyclic) bond motifs is 1. The lowest BCUT2D eigenvalue weighted by molar-refractivity contribution is -0.137. The molecule has 1 aromatic carbocycles. The number of nitrogens with zero attached hydrogens (tertiary/aromatic N) is 3. The topological polar surface area (TPSA) is 97.2 Å². The van der Waals surface area contributed by atoms with Crippen LogP contribution in [-0.2, 0) is 22.9 Å². The van der Waals surface area contributed by atoms with Crippen LogP contribution in [-0.4, -0.2) is 33.1 Å². The van der Waals surface area contributed by atoms with E-state index in [0.29, 0.717) is 46.0 Å². The first kappa shape index (κ1) is 30.1. The Kier molecular flexibility index (Phi) is 8.74. The third-order valence-corrected chi connectivity index (χ3v) is 7.62. The number of hydrogen-bond acceptors (Lipinski definition) is 8. The molecule has 7 nitrogen and oxygen atoms in total. The number of hydrogen-bond donors (Lipinski definition) is 2. The van der Waals surface area contributed by atoms with Gasteiger partial charge in [0.15, 0.2) is 0 Å². The zero-order valence-electron chi connectivity index (χ0n) is 22.8. The molecule has 0 spiro atoms. The summed E-state index contributed by atoms with van der Waals surface area (Å²) in [4.78, 5) is 25.4. The highest BCUT2D eigenvalue weighted by molar-refractivity contribution is 7.15. The van der Waals surface area contributed by atoms with Crippen LogP contribution in [0, 0.1) is 12.7 Å². The van der Waals surface area contributed by atoms with Gasteiger partial charge in [0.05, 0.1) is 28.8 Å². The quantitative estimate of drug-likeness (QED) is 0.188. The fourth-order valence-electron chi connectivity index (χ4n) is 4.62. The molecule has 1 unspecified atom stereocenters. The van der Waals surface area contributed by atoms with Crippen molar-refractivity contribution in [1.82, 2.24) is 15.0 Å². The highest BCUT2D eigenvalue weighted by Crippen LogP contribution is 2.44. The van der Waals surface area contributed by atoms with Gasteiger partial charge in [0.25, 0.3) is 0 Å². The number of alkyl halides is 3. The molecule has 0 fully saturated rings. The molecule has 5 rings (SSSR count). The SMILES string of the molecule is CC.COC(=O)c1cc2c(cc1F)C(O)(c1ncc(-c3cc(C)cc(Nc4cc(C(F)(F)F)ccn4)n3)s1)CCC2. The zero-order valence-corrected chi connectivity index (χ0v) is 23.6. The number of benzene rings is 1. The lowest BCUT2D eigenvalue weighted by Crippen LogP contribution is -2.32. The second kappa shape index (κ2) is 11.9. The van der Waals surface area contributed by atoms with Crippen molar-refractivity contribution < 1.29 is 32.2 Å². The number of thiazole rings is 1. The number of methoxy groups -OCH3 is 1. The Morgan fingerprint density at radius 3 is 2.59 bits per heavy atom. The van der Waals surface area contributed by atoms with Gasteiger partial charge >= 0.3 is 12.1 Å². The van der Waals surface area contributed by atoms with E-state index in [2.05, 4.69) is 25.0 Å². The smallest absolute Gasteiger partial charge is 0.416 e. The molecule has 1 atom stereocenters. The van der Waals surface area contributed by atoms with E-state index in [1.807, 2.05) is 20.8 Å². The molecule has 2 N–H and O–H groups in total. The Balaban J connectivity index is 0.00000189. The fourth-order valence-corrected chi connectivity index (χ4v) is 5.62.